The van der Waals surface area contributed by atoms with Gasteiger partial charge in [0.15, 0.2) is 0 Å². The van der Waals surface area contributed by atoms with Crippen molar-refractivity contribution in [2.24, 2.45) is 0 Å². The molecule has 15 heavy (non-hydrogen) atoms. The molecule has 0 fully saturated rings. The topological polar surface area (TPSA) is 78.1 Å². The summed E-state index contributed by atoms with van der Waals surface area (Å²) in [5, 5.41) is 0. The van der Waals surface area contributed by atoms with Crippen molar-refractivity contribution in [3.63, 3.8) is 0 Å². The number of hydrogen-bond acceptors (Lipinski definition) is 5. The summed E-state index contributed by atoms with van der Waals surface area (Å²) in [5.74, 6) is -0.191. The van der Waals surface area contributed by atoms with E-state index in [9.17, 15) is 4.79 Å². The lowest BCUT2D eigenvalue weighted by atomic mass is 10.1. The highest BCUT2D eigenvalue weighted by molar-refractivity contribution is 5.91. The quantitative estimate of drug-likeness (QED) is 0.754. The highest BCUT2D eigenvalue weighted by Gasteiger charge is 2.17. The number of carbonyl (C=O) groups is 1. The summed E-state index contributed by atoms with van der Waals surface area (Å²) in [6.07, 6.45) is 0.627. The summed E-state index contributed by atoms with van der Waals surface area (Å²) in [6.45, 7) is 5.73. The molecule has 5 nitrogen and oxygen atoms in total. The van der Waals surface area contributed by atoms with Crippen LogP contribution in [-0.2, 0) is 11.2 Å². The molecular weight excluding hydrogens is 194 g/mol. The lowest BCUT2D eigenvalue weighted by Gasteiger charge is -2.09. The van der Waals surface area contributed by atoms with Crippen molar-refractivity contribution >= 4 is 11.9 Å². The lowest BCUT2D eigenvalue weighted by Crippen LogP contribution is -2.14. The minimum Gasteiger partial charge on any atom is -0.462 e. The van der Waals surface area contributed by atoms with Crippen LogP contribution in [0.15, 0.2) is 0 Å². The summed E-state index contributed by atoms with van der Waals surface area (Å²) < 4.78 is 4.93. The standard InChI is InChI=1S/C10H15N3O2/c1-4-7-8(9(14)15-5-2)6(3)12-10(11)13-7/h4-5H2,1-3H3,(H2,11,12,13). The second-order valence-corrected chi connectivity index (χ2v) is 3.06. The van der Waals surface area contributed by atoms with Crippen molar-refractivity contribution in [1.29, 1.82) is 0 Å². The van der Waals surface area contributed by atoms with E-state index in [4.69, 9.17) is 10.5 Å². The molecule has 1 aromatic rings. The number of aryl methyl sites for hydroxylation is 2. The van der Waals surface area contributed by atoms with E-state index in [0.717, 1.165) is 0 Å². The fourth-order valence-electron chi connectivity index (χ4n) is 1.38. The molecule has 1 rings (SSSR count). The maximum absolute atomic E-state index is 11.6. The van der Waals surface area contributed by atoms with E-state index in [1.165, 1.54) is 0 Å². The molecule has 5 heteroatoms. The van der Waals surface area contributed by atoms with Crippen LogP contribution in [0.2, 0.25) is 0 Å². The zero-order chi connectivity index (χ0) is 11.4. The van der Waals surface area contributed by atoms with Crippen LogP contribution in [0.3, 0.4) is 0 Å². The van der Waals surface area contributed by atoms with Crippen molar-refractivity contribution in [2.75, 3.05) is 12.3 Å². The molecule has 0 aliphatic rings. The largest absolute Gasteiger partial charge is 0.462 e. The van der Waals surface area contributed by atoms with Gasteiger partial charge in [-0.25, -0.2) is 14.8 Å². The van der Waals surface area contributed by atoms with E-state index >= 15 is 0 Å². The molecule has 0 spiro atoms. The Morgan fingerprint density at radius 2 is 2.07 bits per heavy atom. The highest BCUT2D eigenvalue weighted by atomic mass is 16.5. The molecule has 0 atom stereocenters. The zero-order valence-corrected chi connectivity index (χ0v) is 9.20. The number of nitrogens with two attached hydrogens (primary N) is 1. The minimum atomic E-state index is -0.383. The van der Waals surface area contributed by atoms with Crippen molar-refractivity contribution in [3.8, 4) is 0 Å². The predicted octanol–water partition coefficient (Wildman–Crippen LogP) is 1.11. The van der Waals surface area contributed by atoms with E-state index < -0.39 is 0 Å². The Labute approximate surface area is 88.7 Å². The number of ether oxygens (including phenoxy) is 1. The van der Waals surface area contributed by atoms with Gasteiger partial charge in [0.05, 0.1) is 18.0 Å². The first-order chi connectivity index (χ1) is 7.10. The summed E-state index contributed by atoms with van der Waals surface area (Å²) in [6, 6.07) is 0. The van der Waals surface area contributed by atoms with Crippen LogP contribution in [0.5, 0.6) is 0 Å². The molecule has 0 saturated carbocycles. The first kappa shape index (κ1) is 11.4. The van der Waals surface area contributed by atoms with Gasteiger partial charge in [0.1, 0.15) is 5.56 Å². The van der Waals surface area contributed by atoms with Crippen LogP contribution in [0.4, 0.5) is 5.95 Å². The van der Waals surface area contributed by atoms with E-state index in [0.29, 0.717) is 30.0 Å². The average molecular weight is 209 g/mol. The van der Waals surface area contributed by atoms with Crippen LogP contribution in [0, 0.1) is 6.92 Å². The Kier molecular flexibility index (Phi) is 3.60. The number of carbonyl (C=O) groups excluding carboxylic acids is 1. The smallest absolute Gasteiger partial charge is 0.341 e. The third kappa shape index (κ3) is 2.43. The second-order valence-electron chi connectivity index (χ2n) is 3.06. The molecule has 0 bridgehead atoms. The lowest BCUT2D eigenvalue weighted by molar-refractivity contribution is 0.0523. The summed E-state index contributed by atoms with van der Waals surface area (Å²) in [4.78, 5) is 19.6. The van der Waals surface area contributed by atoms with Gasteiger partial charge in [-0.3, -0.25) is 0 Å². The van der Waals surface area contributed by atoms with Crippen molar-refractivity contribution in [1.82, 2.24) is 9.97 Å². The third-order valence-corrected chi connectivity index (χ3v) is 2.00. The summed E-state index contributed by atoms with van der Waals surface area (Å²) >= 11 is 0. The van der Waals surface area contributed by atoms with Crippen molar-refractivity contribution in [3.05, 3.63) is 17.0 Å². The van der Waals surface area contributed by atoms with Gasteiger partial charge in [-0.1, -0.05) is 6.92 Å². The Balaban J connectivity index is 3.20. The summed E-state index contributed by atoms with van der Waals surface area (Å²) in [5.41, 5.74) is 7.15. The number of nitrogens with zero attached hydrogens (tertiary/aromatic N) is 2. The van der Waals surface area contributed by atoms with Gasteiger partial charge >= 0.3 is 5.97 Å². The van der Waals surface area contributed by atoms with Crippen LogP contribution < -0.4 is 5.73 Å². The minimum absolute atomic E-state index is 0.192. The van der Waals surface area contributed by atoms with Gasteiger partial charge < -0.3 is 10.5 Å². The Morgan fingerprint density at radius 1 is 1.40 bits per heavy atom. The van der Waals surface area contributed by atoms with Gasteiger partial charge in [-0.15, -0.1) is 0 Å². The Morgan fingerprint density at radius 3 is 2.60 bits per heavy atom. The molecule has 82 valence electrons. The highest BCUT2D eigenvalue weighted by Crippen LogP contribution is 2.14. The number of esters is 1. The van der Waals surface area contributed by atoms with E-state index in [-0.39, 0.29) is 11.9 Å². The molecule has 0 saturated heterocycles. The Hall–Kier alpha value is -1.65. The normalized spacial score (nSPS) is 10.1. The van der Waals surface area contributed by atoms with Crippen LogP contribution in [-0.4, -0.2) is 22.5 Å². The van der Waals surface area contributed by atoms with Gasteiger partial charge in [0.25, 0.3) is 0 Å². The number of anilines is 1. The molecule has 1 heterocycles. The molecule has 0 aliphatic heterocycles. The zero-order valence-electron chi connectivity index (χ0n) is 9.20. The summed E-state index contributed by atoms with van der Waals surface area (Å²) in [7, 11) is 0. The molecule has 0 amide bonds. The van der Waals surface area contributed by atoms with E-state index in [1.807, 2.05) is 6.92 Å². The van der Waals surface area contributed by atoms with Crippen LogP contribution in [0.25, 0.3) is 0 Å². The van der Waals surface area contributed by atoms with Gasteiger partial charge in [0, 0.05) is 0 Å². The van der Waals surface area contributed by atoms with E-state index in [2.05, 4.69) is 9.97 Å². The predicted molar refractivity (Wildman–Crippen MR) is 56.5 cm³/mol. The van der Waals surface area contributed by atoms with Gasteiger partial charge in [-0.2, -0.15) is 0 Å². The maximum Gasteiger partial charge on any atom is 0.341 e. The SMILES string of the molecule is CCOC(=O)c1c(C)nc(N)nc1CC. The molecule has 0 radical (unpaired) electrons. The molecular formula is C10H15N3O2. The monoisotopic (exact) mass is 209 g/mol. The van der Waals surface area contributed by atoms with Gasteiger partial charge in [-0.05, 0) is 20.3 Å². The molecule has 0 aromatic carbocycles. The van der Waals surface area contributed by atoms with Crippen LogP contribution in [0.1, 0.15) is 35.6 Å². The average Bonchev–Trinajstić information content (AvgIpc) is 2.16. The molecule has 0 unspecified atom stereocenters. The third-order valence-electron chi connectivity index (χ3n) is 2.00. The fourth-order valence-corrected chi connectivity index (χ4v) is 1.38. The number of hydrogen-bond donors (Lipinski definition) is 1. The number of nitrogen functional groups attached to an aromatic ring is 1. The number of aromatic nitrogens is 2. The van der Waals surface area contributed by atoms with Crippen molar-refractivity contribution in [2.45, 2.75) is 27.2 Å². The molecule has 1 aromatic heterocycles. The van der Waals surface area contributed by atoms with Crippen LogP contribution >= 0.6 is 0 Å². The number of rotatable bonds is 3. The first-order valence-corrected chi connectivity index (χ1v) is 4.90. The molecule has 2 N–H and O–H groups in total. The van der Waals surface area contributed by atoms with Gasteiger partial charge in [0.2, 0.25) is 5.95 Å². The van der Waals surface area contributed by atoms with E-state index in [1.54, 1.807) is 13.8 Å². The molecule has 0 aliphatic carbocycles. The second kappa shape index (κ2) is 4.72. The Bertz CT molecular complexity index is 377. The van der Waals surface area contributed by atoms with Crippen molar-refractivity contribution < 1.29 is 9.53 Å². The first-order valence-electron chi connectivity index (χ1n) is 4.90. The fraction of sp³-hybridized carbons (Fsp3) is 0.500. The maximum atomic E-state index is 11.6.